The maximum absolute atomic E-state index is 12.6. The van der Waals surface area contributed by atoms with Crippen LogP contribution in [0.2, 0.25) is 0 Å². The standard InChI is InChI=1S/C36H46O4/c1-4-6-7-8-9-10-11-12-13-14-29-15-17-30(18-16-29)31-19-21-33(22-20-31)36(38)40-34-25-23-32(24-26-34)35(37)39-27-28(3)5-2/h15-26,28H,4-14,27H2,1-3H3. The van der Waals surface area contributed by atoms with Gasteiger partial charge < -0.3 is 9.47 Å². The van der Waals surface area contributed by atoms with E-state index in [1.165, 1.54) is 63.4 Å². The van der Waals surface area contributed by atoms with Gasteiger partial charge in [-0.25, -0.2) is 9.59 Å². The van der Waals surface area contributed by atoms with Crippen molar-refractivity contribution in [1.82, 2.24) is 0 Å². The van der Waals surface area contributed by atoms with Crippen LogP contribution in [0, 0.1) is 5.92 Å². The average Bonchev–Trinajstić information content (AvgIpc) is 2.99. The molecule has 0 radical (unpaired) electrons. The molecule has 4 nitrogen and oxygen atoms in total. The van der Waals surface area contributed by atoms with Crippen LogP contribution < -0.4 is 4.74 Å². The van der Waals surface area contributed by atoms with E-state index >= 15 is 0 Å². The van der Waals surface area contributed by atoms with Crippen molar-refractivity contribution in [2.75, 3.05) is 6.61 Å². The number of esters is 2. The minimum Gasteiger partial charge on any atom is -0.462 e. The van der Waals surface area contributed by atoms with Crippen LogP contribution in [0.3, 0.4) is 0 Å². The second-order valence-electron chi connectivity index (χ2n) is 10.9. The Labute approximate surface area is 241 Å². The van der Waals surface area contributed by atoms with E-state index < -0.39 is 5.97 Å². The minimum absolute atomic E-state index is 0.323. The molecular weight excluding hydrogens is 496 g/mol. The maximum atomic E-state index is 12.6. The van der Waals surface area contributed by atoms with Gasteiger partial charge in [-0.15, -0.1) is 0 Å². The summed E-state index contributed by atoms with van der Waals surface area (Å²) in [5.74, 6) is -0.0975. The van der Waals surface area contributed by atoms with Crippen molar-refractivity contribution in [1.29, 1.82) is 0 Å². The van der Waals surface area contributed by atoms with Crippen LogP contribution in [0.1, 0.15) is 111 Å². The Morgan fingerprint density at radius 1 is 0.625 bits per heavy atom. The smallest absolute Gasteiger partial charge is 0.343 e. The molecule has 0 aliphatic carbocycles. The molecule has 4 heteroatoms. The zero-order chi connectivity index (χ0) is 28.6. The lowest BCUT2D eigenvalue weighted by atomic mass is 10.00. The van der Waals surface area contributed by atoms with Crippen LogP contribution in [0.4, 0.5) is 0 Å². The molecule has 0 heterocycles. The molecule has 3 aromatic rings. The summed E-state index contributed by atoms with van der Waals surface area (Å²) in [6.45, 7) is 6.76. The first-order valence-electron chi connectivity index (χ1n) is 15.2. The van der Waals surface area contributed by atoms with Gasteiger partial charge in [-0.3, -0.25) is 0 Å². The van der Waals surface area contributed by atoms with Gasteiger partial charge in [-0.05, 0) is 71.8 Å². The van der Waals surface area contributed by atoms with Gasteiger partial charge in [-0.1, -0.05) is 115 Å². The van der Waals surface area contributed by atoms with Crippen molar-refractivity contribution in [3.8, 4) is 16.9 Å². The largest absolute Gasteiger partial charge is 0.462 e. The lowest BCUT2D eigenvalue weighted by molar-refractivity contribution is 0.0447. The molecule has 0 aliphatic heterocycles. The summed E-state index contributed by atoms with van der Waals surface area (Å²) in [6.07, 6.45) is 14.2. The van der Waals surface area contributed by atoms with Crippen LogP contribution in [0.25, 0.3) is 11.1 Å². The summed E-state index contributed by atoms with van der Waals surface area (Å²) in [4.78, 5) is 24.8. The number of carbonyl (C=O) groups excluding carboxylic acids is 2. The molecule has 3 aromatic carbocycles. The SMILES string of the molecule is CCCCCCCCCCCc1ccc(-c2ccc(C(=O)Oc3ccc(C(=O)OCC(C)CC)cc3)cc2)cc1. The summed E-state index contributed by atoms with van der Waals surface area (Å²) in [5, 5.41) is 0. The predicted molar refractivity (Wildman–Crippen MR) is 164 cm³/mol. The van der Waals surface area contributed by atoms with E-state index in [0.29, 0.717) is 29.4 Å². The third kappa shape index (κ3) is 10.6. The summed E-state index contributed by atoms with van der Waals surface area (Å²) >= 11 is 0. The molecule has 0 aliphatic rings. The van der Waals surface area contributed by atoms with Crippen LogP contribution in [-0.4, -0.2) is 18.5 Å². The topological polar surface area (TPSA) is 52.6 Å². The fraction of sp³-hybridized carbons (Fsp3) is 0.444. The molecule has 0 amide bonds. The number of carbonyl (C=O) groups is 2. The van der Waals surface area contributed by atoms with Gasteiger partial charge in [0.2, 0.25) is 0 Å². The monoisotopic (exact) mass is 542 g/mol. The van der Waals surface area contributed by atoms with Crippen LogP contribution in [0.5, 0.6) is 5.75 Å². The number of aryl methyl sites for hydroxylation is 1. The summed E-state index contributed by atoms with van der Waals surface area (Å²) in [7, 11) is 0. The predicted octanol–water partition coefficient (Wildman–Crippen LogP) is 9.85. The van der Waals surface area contributed by atoms with Gasteiger partial charge in [0.1, 0.15) is 5.75 Å². The highest BCUT2D eigenvalue weighted by Gasteiger charge is 2.12. The van der Waals surface area contributed by atoms with Crippen molar-refractivity contribution in [2.24, 2.45) is 5.92 Å². The normalized spacial score (nSPS) is 11.7. The molecule has 1 atom stereocenters. The first-order valence-corrected chi connectivity index (χ1v) is 15.2. The summed E-state index contributed by atoms with van der Waals surface area (Å²) in [5.41, 5.74) is 4.48. The van der Waals surface area contributed by atoms with E-state index in [1.54, 1.807) is 36.4 Å². The van der Waals surface area contributed by atoms with E-state index in [0.717, 1.165) is 24.0 Å². The molecule has 0 spiro atoms. The Morgan fingerprint density at radius 3 is 1.70 bits per heavy atom. The van der Waals surface area contributed by atoms with Crippen molar-refractivity contribution < 1.29 is 19.1 Å². The number of unbranched alkanes of at least 4 members (excludes halogenated alkanes) is 8. The maximum Gasteiger partial charge on any atom is 0.343 e. The Hall–Kier alpha value is -3.40. The van der Waals surface area contributed by atoms with Gasteiger partial charge in [0.15, 0.2) is 0 Å². The van der Waals surface area contributed by atoms with Crippen molar-refractivity contribution in [2.45, 2.75) is 91.4 Å². The van der Waals surface area contributed by atoms with Crippen LogP contribution in [0.15, 0.2) is 72.8 Å². The number of rotatable bonds is 17. The van der Waals surface area contributed by atoms with E-state index in [-0.39, 0.29) is 5.97 Å². The molecule has 1 unspecified atom stereocenters. The number of benzene rings is 3. The van der Waals surface area contributed by atoms with Gasteiger partial charge >= 0.3 is 11.9 Å². The highest BCUT2D eigenvalue weighted by Crippen LogP contribution is 2.22. The van der Waals surface area contributed by atoms with E-state index in [1.807, 2.05) is 19.1 Å². The lowest BCUT2D eigenvalue weighted by Crippen LogP contribution is -2.12. The van der Waals surface area contributed by atoms with Crippen LogP contribution in [-0.2, 0) is 11.2 Å². The third-order valence-electron chi connectivity index (χ3n) is 7.47. The Bertz CT molecular complexity index is 1150. The van der Waals surface area contributed by atoms with Crippen molar-refractivity contribution in [3.63, 3.8) is 0 Å². The number of ether oxygens (including phenoxy) is 2. The first kappa shape index (κ1) is 31.1. The molecule has 0 fully saturated rings. The number of hydrogen-bond donors (Lipinski definition) is 0. The minimum atomic E-state index is -0.435. The van der Waals surface area contributed by atoms with E-state index in [4.69, 9.17) is 9.47 Å². The zero-order valence-corrected chi connectivity index (χ0v) is 24.6. The van der Waals surface area contributed by atoms with Crippen molar-refractivity contribution >= 4 is 11.9 Å². The molecular formula is C36H46O4. The summed E-state index contributed by atoms with van der Waals surface area (Å²) < 4.78 is 10.8. The second-order valence-corrected chi connectivity index (χ2v) is 10.9. The Morgan fingerprint density at radius 2 is 1.12 bits per heavy atom. The fourth-order valence-corrected chi connectivity index (χ4v) is 4.55. The average molecular weight is 543 g/mol. The molecule has 40 heavy (non-hydrogen) atoms. The molecule has 3 rings (SSSR count). The molecule has 214 valence electrons. The Balaban J connectivity index is 1.42. The summed E-state index contributed by atoms with van der Waals surface area (Å²) in [6, 6.07) is 22.7. The lowest BCUT2D eigenvalue weighted by Gasteiger charge is -2.10. The van der Waals surface area contributed by atoms with Crippen LogP contribution >= 0.6 is 0 Å². The highest BCUT2D eigenvalue weighted by molar-refractivity contribution is 5.92. The molecule has 0 N–H and O–H groups in total. The quantitative estimate of drug-likeness (QED) is 0.0967. The van der Waals surface area contributed by atoms with E-state index in [2.05, 4.69) is 38.1 Å². The molecule has 0 bridgehead atoms. The molecule has 0 saturated heterocycles. The van der Waals surface area contributed by atoms with Gasteiger partial charge in [0.25, 0.3) is 0 Å². The van der Waals surface area contributed by atoms with Gasteiger partial charge in [-0.2, -0.15) is 0 Å². The van der Waals surface area contributed by atoms with E-state index in [9.17, 15) is 9.59 Å². The molecule has 0 saturated carbocycles. The van der Waals surface area contributed by atoms with Gasteiger partial charge in [0, 0.05) is 0 Å². The van der Waals surface area contributed by atoms with Crippen molar-refractivity contribution in [3.05, 3.63) is 89.5 Å². The number of hydrogen-bond acceptors (Lipinski definition) is 4. The third-order valence-corrected chi connectivity index (χ3v) is 7.47. The van der Waals surface area contributed by atoms with Gasteiger partial charge in [0.05, 0.1) is 17.7 Å². The second kappa shape index (κ2) is 17.3. The highest BCUT2D eigenvalue weighted by atomic mass is 16.5. The fourth-order valence-electron chi connectivity index (χ4n) is 4.55. The zero-order valence-electron chi connectivity index (χ0n) is 24.6. The first-order chi connectivity index (χ1) is 19.5. The Kier molecular flexibility index (Phi) is 13.5. The molecule has 0 aromatic heterocycles.